The van der Waals surface area contributed by atoms with Crippen LogP contribution in [0.5, 0.6) is 0 Å². The van der Waals surface area contributed by atoms with E-state index in [9.17, 15) is 0 Å². The van der Waals surface area contributed by atoms with Crippen molar-refractivity contribution in [3.05, 3.63) is 77.8 Å². The van der Waals surface area contributed by atoms with Crippen molar-refractivity contribution in [3.8, 4) is 0 Å². The van der Waals surface area contributed by atoms with Crippen molar-refractivity contribution in [1.29, 1.82) is 0 Å². The van der Waals surface area contributed by atoms with E-state index < -0.39 is 0 Å². The molecule has 5 rings (SSSR count). The highest BCUT2D eigenvalue weighted by Gasteiger charge is 2.21. The normalized spacial score (nSPS) is 14.5. The molecule has 29 heavy (non-hydrogen) atoms. The third kappa shape index (κ3) is 3.63. The van der Waals surface area contributed by atoms with Gasteiger partial charge in [0.05, 0.1) is 12.9 Å². The fourth-order valence-electron chi connectivity index (χ4n) is 3.82. The topological polar surface area (TPSA) is 50.1 Å². The van der Waals surface area contributed by atoms with E-state index >= 15 is 0 Å². The molecule has 0 N–H and O–H groups in total. The summed E-state index contributed by atoms with van der Waals surface area (Å²) in [7, 11) is 0. The SMILES string of the molecule is Clc1ccc(Cn2cnc3c(N4CCN(c5ccccc5)CC4)ncnc32)cc1. The minimum absolute atomic E-state index is 0.700. The molecule has 0 bridgehead atoms. The molecule has 1 saturated heterocycles. The molecule has 0 unspecified atom stereocenters. The second kappa shape index (κ2) is 7.72. The van der Waals surface area contributed by atoms with E-state index in [1.165, 1.54) is 5.69 Å². The molecule has 1 aliphatic rings. The third-order valence-electron chi connectivity index (χ3n) is 5.35. The minimum atomic E-state index is 0.700. The molecule has 7 heteroatoms. The van der Waals surface area contributed by atoms with Crippen molar-refractivity contribution in [3.63, 3.8) is 0 Å². The Hall–Kier alpha value is -3.12. The molecule has 4 aromatic rings. The van der Waals surface area contributed by atoms with Gasteiger partial charge < -0.3 is 14.4 Å². The number of imidazole rings is 1. The van der Waals surface area contributed by atoms with E-state index in [0.717, 1.165) is 53.7 Å². The first-order chi connectivity index (χ1) is 14.3. The molecule has 0 atom stereocenters. The van der Waals surface area contributed by atoms with Gasteiger partial charge in [-0.15, -0.1) is 0 Å². The molecule has 146 valence electrons. The van der Waals surface area contributed by atoms with Gasteiger partial charge in [0.15, 0.2) is 17.0 Å². The van der Waals surface area contributed by atoms with Crippen LogP contribution in [0.2, 0.25) is 5.02 Å². The number of piperazine rings is 1. The number of halogens is 1. The van der Waals surface area contributed by atoms with Crippen molar-refractivity contribution >= 4 is 34.3 Å². The lowest BCUT2D eigenvalue weighted by Gasteiger charge is -2.36. The van der Waals surface area contributed by atoms with Crippen LogP contribution in [-0.4, -0.2) is 45.7 Å². The molecule has 0 spiro atoms. The molecular formula is C22H21ClN6. The van der Waals surface area contributed by atoms with Crippen LogP contribution < -0.4 is 9.80 Å². The van der Waals surface area contributed by atoms with Crippen LogP contribution in [0.3, 0.4) is 0 Å². The lowest BCUT2D eigenvalue weighted by molar-refractivity contribution is 0.648. The predicted octanol–water partition coefficient (Wildman–Crippen LogP) is 3.85. The molecule has 6 nitrogen and oxygen atoms in total. The molecule has 1 aliphatic heterocycles. The first-order valence-electron chi connectivity index (χ1n) is 9.73. The summed E-state index contributed by atoms with van der Waals surface area (Å²) in [5, 5.41) is 0.739. The predicted molar refractivity (Wildman–Crippen MR) is 117 cm³/mol. The summed E-state index contributed by atoms with van der Waals surface area (Å²) in [6.45, 7) is 4.43. The maximum atomic E-state index is 6.00. The van der Waals surface area contributed by atoms with Gasteiger partial charge in [-0.3, -0.25) is 0 Å². The summed E-state index contributed by atoms with van der Waals surface area (Å²) in [5.74, 6) is 0.914. The quantitative estimate of drug-likeness (QED) is 0.517. The van der Waals surface area contributed by atoms with E-state index in [1.807, 2.05) is 30.6 Å². The number of hydrogen-bond acceptors (Lipinski definition) is 5. The summed E-state index contributed by atoms with van der Waals surface area (Å²) in [6.07, 6.45) is 3.49. The second-order valence-corrected chi connectivity index (χ2v) is 7.61. The van der Waals surface area contributed by atoms with Crippen molar-refractivity contribution in [2.75, 3.05) is 36.0 Å². The zero-order valence-electron chi connectivity index (χ0n) is 15.9. The third-order valence-corrected chi connectivity index (χ3v) is 5.60. The first-order valence-corrected chi connectivity index (χ1v) is 10.1. The average Bonchev–Trinajstić information content (AvgIpc) is 3.19. The number of hydrogen-bond donors (Lipinski definition) is 0. The van der Waals surface area contributed by atoms with E-state index in [-0.39, 0.29) is 0 Å². The summed E-state index contributed by atoms with van der Waals surface area (Å²) in [6, 6.07) is 18.4. The highest BCUT2D eigenvalue weighted by molar-refractivity contribution is 6.30. The number of rotatable bonds is 4. The highest BCUT2D eigenvalue weighted by atomic mass is 35.5. The van der Waals surface area contributed by atoms with Gasteiger partial charge in [-0.25, -0.2) is 15.0 Å². The fourth-order valence-corrected chi connectivity index (χ4v) is 3.94. The number of aromatic nitrogens is 4. The van der Waals surface area contributed by atoms with Crippen LogP contribution in [0, 0.1) is 0 Å². The molecule has 0 radical (unpaired) electrons. The number of para-hydroxylation sites is 1. The summed E-state index contributed by atoms with van der Waals surface area (Å²) in [4.78, 5) is 18.4. The molecule has 0 amide bonds. The van der Waals surface area contributed by atoms with E-state index in [1.54, 1.807) is 6.33 Å². The molecule has 2 aromatic carbocycles. The van der Waals surface area contributed by atoms with Gasteiger partial charge in [0.1, 0.15) is 6.33 Å². The molecular weight excluding hydrogens is 384 g/mol. The first kappa shape index (κ1) is 17.9. The molecule has 0 saturated carbocycles. The van der Waals surface area contributed by atoms with E-state index in [2.05, 4.69) is 59.7 Å². The Morgan fingerprint density at radius 1 is 0.793 bits per heavy atom. The standard InChI is InChI=1S/C22H21ClN6/c23-18-8-6-17(7-9-18)14-29-16-26-20-21(24-15-25-22(20)29)28-12-10-27(11-13-28)19-4-2-1-3-5-19/h1-9,15-16H,10-14H2. The Bertz CT molecular complexity index is 1100. The average molecular weight is 405 g/mol. The van der Waals surface area contributed by atoms with Crippen molar-refractivity contribution in [2.24, 2.45) is 0 Å². The summed E-state index contributed by atoms with van der Waals surface area (Å²) >= 11 is 6.00. The Balaban J connectivity index is 1.36. The zero-order valence-corrected chi connectivity index (χ0v) is 16.7. The number of benzene rings is 2. The smallest absolute Gasteiger partial charge is 0.165 e. The monoisotopic (exact) mass is 404 g/mol. The van der Waals surface area contributed by atoms with Crippen LogP contribution in [0.25, 0.3) is 11.2 Å². The zero-order chi connectivity index (χ0) is 19.6. The van der Waals surface area contributed by atoms with Gasteiger partial charge in [-0.05, 0) is 29.8 Å². The van der Waals surface area contributed by atoms with Crippen LogP contribution in [0.15, 0.2) is 67.3 Å². The van der Waals surface area contributed by atoms with Crippen molar-refractivity contribution < 1.29 is 0 Å². The van der Waals surface area contributed by atoms with Gasteiger partial charge in [0.25, 0.3) is 0 Å². The van der Waals surface area contributed by atoms with Crippen LogP contribution in [0.1, 0.15) is 5.56 Å². The molecule has 0 aliphatic carbocycles. The Morgan fingerprint density at radius 3 is 2.28 bits per heavy atom. The number of fused-ring (bicyclic) bond motifs is 1. The largest absolute Gasteiger partial charge is 0.368 e. The summed E-state index contributed by atoms with van der Waals surface area (Å²) < 4.78 is 2.06. The maximum absolute atomic E-state index is 6.00. The Labute approximate surface area is 174 Å². The van der Waals surface area contributed by atoms with E-state index in [0.29, 0.717) is 6.54 Å². The minimum Gasteiger partial charge on any atom is -0.368 e. The van der Waals surface area contributed by atoms with Gasteiger partial charge in [-0.2, -0.15) is 0 Å². The van der Waals surface area contributed by atoms with Gasteiger partial charge in [0, 0.05) is 36.9 Å². The number of anilines is 2. The van der Waals surface area contributed by atoms with Crippen LogP contribution in [-0.2, 0) is 6.54 Å². The van der Waals surface area contributed by atoms with Gasteiger partial charge >= 0.3 is 0 Å². The van der Waals surface area contributed by atoms with Crippen molar-refractivity contribution in [2.45, 2.75) is 6.54 Å². The van der Waals surface area contributed by atoms with Crippen LogP contribution >= 0.6 is 11.6 Å². The fraction of sp³-hybridized carbons (Fsp3) is 0.227. The van der Waals surface area contributed by atoms with Gasteiger partial charge in [-0.1, -0.05) is 41.9 Å². The second-order valence-electron chi connectivity index (χ2n) is 7.18. The lowest BCUT2D eigenvalue weighted by Crippen LogP contribution is -2.46. The van der Waals surface area contributed by atoms with Gasteiger partial charge in [0.2, 0.25) is 0 Å². The highest BCUT2D eigenvalue weighted by Crippen LogP contribution is 2.25. The molecule has 1 fully saturated rings. The Kier molecular flexibility index (Phi) is 4.77. The Morgan fingerprint density at radius 2 is 1.52 bits per heavy atom. The lowest BCUT2D eigenvalue weighted by atomic mass is 10.2. The van der Waals surface area contributed by atoms with Crippen molar-refractivity contribution in [1.82, 2.24) is 19.5 Å². The number of nitrogens with zero attached hydrogens (tertiary/aromatic N) is 6. The maximum Gasteiger partial charge on any atom is 0.165 e. The molecule has 3 heterocycles. The van der Waals surface area contributed by atoms with Crippen LogP contribution in [0.4, 0.5) is 11.5 Å². The van der Waals surface area contributed by atoms with E-state index in [4.69, 9.17) is 11.6 Å². The molecule has 2 aromatic heterocycles. The summed E-state index contributed by atoms with van der Waals surface area (Å²) in [5.41, 5.74) is 4.14.